The molecule has 1 atom stereocenters. The van der Waals surface area contributed by atoms with Gasteiger partial charge in [0.05, 0.1) is 0 Å². The first-order valence-electron chi connectivity index (χ1n) is 5.73. The van der Waals surface area contributed by atoms with Crippen molar-refractivity contribution >= 4 is 11.6 Å². The van der Waals surface area contributed by atoms with Gasteiger partial charge in [-0.3, -0.25) is 0 Å². The first kappa shape index (κ1) is 14.1. The third-order valence-corrected chi connectivity index (χ3v) is 3.56. The van der Waals surface area contributed by atoms with Crippen molar-refractivity contribution in [2.45, 2.75) is 38.3 Å². The average molecular weight is 259 g/mol. The van der Waals surface area contributed by atoms with Crippen LogP contribution in [0.4, 0.5) is 13.2 Å². The highest BCUT2D eigenvalue weighted by atomic mass is 35.5. The summed E-state index contributed by atoms with van der Waals surface area (Å²) < 4.78 is 40.0. The lowest BCUT2D eigenvalue weighted by Gasteiger charge is -2.20. The van der Waals surface area contributed by atoms with Crippen LogP contribution in [0.5, 0.6) is 0 Å². The van der Waals surface area contributed by atoms with E-state index in [9.17, 15) is 13.2 Å². The molecule has 0 aromatic rings. The van der Waals surface area contributed by atoms with Crippen LogP contribution in [0.2, 0.25) is 0 Å². The molecule has 1 fully saturated rings. The van der Waals surface area contributed by atoms with Crippen molar-refractivity contribution in [1.29, 1.82) is 0 Å². The standard InChI is InChI=1S/C11H18ClF3O/c12-7-10(9-3-1-2-4-9)5-6-16-8-11(13,14)15/h9-10H,1-8H2. The Labute approximate surface area is 99.3 Å². The number of halogens is 4. The highest BCUT2D eigenvalue weighted by Crippen LogP contribution is 2.33. The van der Waals surface area contributed by atoms with Crippen LogP contribution in [0.1, 0.15) is 32.1 Å². The van der Waals surface area contributed by atoms with Crippen LogP contribution in [0.25, 0.3) is 0 Å². The third-order valence-electron chi connectivity index (χ3n) is 3.16. The van der Waals surface area contributed by atoms with Gasteiger partial charge in [0.25, 0.3) is 0 Å². The molecular weight excluding hydrogens is 241 g/mol. The first-order valence-corrected chi connectivity index (χ1v) is 6.27. The maximum atomic E-state index is 11.8. The Morgan fingerprint density at radius 2 is 1.88 bits per heavy atom. The summed E-state index contributed by atoms with van der Waals surface area (Å²) in [5.41, 5.74) is 0. The predicted molar refractivity (Wildman–Crippen MR) is 57.7 cm³/mol. The summed E-state index contributed by atoms with van der Waals surface area (Å²) in [7, 11) is 0. The van der Waals surface area contributed by atoms with E-state index in [0.717, 1.165) is 12.8 Å². The predicted octanol–water partition coefficient (Wildman–Crippen LogP) is 4.00. The number of rotatable bonds is 6. The molecule has 96 valence electrons. The molecule has 1 nitrogen and oxygen atoms in total. The first-order chi connectivity index (χ1) is 7.53. The lowest BCUT2D eigenvalue weighted by Crippen LogP contribution is -2.20. The average Bonchev–Trinajstić information content (AvgIpc) is 2.69. The molecule has 0 spiro atoms. The highest BCUT2D eigenvalue weighted by molar-refractivity contribution is 6.18. The summed E-state index contributed by atoms with van der Waals surface area (Å²) >= 11 is 5.84. The van der Waals surface area contributed by atoms with Crippen molar-refractivity contribution < 1.29 is 17.9 Å². The van der Waals surface area contributed by atoms with Crippen LogP contribution >= 0.6 is 11.6 Å². The number of hydrogen-bond donors (Lipinski definition) is 0. The van der Waals surface area contributed by atoms with Crippen LogP contribution in [0.3, 0.4) is 0 Å². The maximum Gasteiger partial charge on any atom is 0.411 e. The molecule has 0 aliphatic heterocycles. The summed E-state index contributed by atoms with van der Waals surface area (Å²) in [5.74, 6) is 1.43. The summed E-state index contributed by atoms with van der Waals surface area (Å²) in [6.45, 7) is -0.986. The molecule has 0 bridgehead atoms. The van der Waals surface area contributed by atoms with Gasteiger partial charge in [0.15, 0.2) is 0 Å². The summed E-state index contributed by atoms with van der Waals surface area (Å²) in [6, 6.07) is 0. The fourth-order valence-electron chi connectivity index (χ4n) is 2.29. The minimum Gasteiger partial charge on any atom is -0.372 e. The molecule has 1 aliphatic carbocycles. The molecule has 0 radical (unpaired) electrons. The molecule has 16 heavy (non-hydrogen) atoms. The zero-order valence-corrected chi connectivity index (χ0v) is 9.99. The molecule has 0 saturated heterocycles. The van der Waals surface area contributed by atoms with Crippen LogP contribution in [0, 0.1) is 11.8 Å². The Kier molecular flexibility index (Phi) is 5.90. The second-order valence-electron chi connectivity index (χ2n) is 4.42. The second kappa shape index (κ2) is 6.70. The molecule has 0 aromatic heterocycles. The Morgan fingerprint density at radius 3 is 2.38 bits per heavy atom. The lowest BCUT2D eigenvalue weighted by atomic mass is 9.90. The minimum absolute atomic E-state index is 0.160. The zero-order chi connectivity index (χ0) is 12.0. The quantitative estimate of drug-likeness (QED) is 0.517. The summed E-state index contributed by atoms with van der Waals surface area (Å²) in [5, 5.41) is 0. The smallest absolute Gasteiger partial charge is 0.372 e. The van der Waals surface area contributed by atoms with E-state index >= 15 is 0 Å². The van der Waals surface area contributed by atoms with Crippen molar-refractivity contribution in [3.8, 4) is 0 Å². The third kappa shape index (κ3) is 5.39. The highest BCUT2D eigenvalue weighted by Gasteiger charge is 2.28. The van der Waals surface area contributed by atoms with Crippen molar-refractivity contribution in [3.63, 3.8) is 0 Å². The van der Waals surface area contributed by atoms with E-state index in [4.69, 9.17) is 11.6 Å². The van der Waals surface area contributed by atoms with Gasteiger partial charge in [0.2, 0.25) is 0 Å². The number of ether oxygens (including phenoxy) is 1. The van der Waals surface area contributed by atoms with Crippen molar-refractivity contribution in [2.24, 2.45) is 11.8 Å². The van der Waals surface area contributed by atoms with E-state index in [1.807, 2.05) is 0 Å². The SMILES string of the molecule is FC(F)(F)COCCC(CCl)C1CCCC1. The van der Waals surface area contributed by atoms with Gasteiger partial charge >= 0.3 is 6.18 Å². The Balaban J connectivity index is 2.14. The van der Waals surface area contributed by atoms with E-state index < -0.39 is 12.8 Å². The second-order valence-corrected chi connectivity index (χ2v) is 4.72. The van der Waals surface area contributed by atoms with Crippen molar-refractivity contribution in [1.82, 2.24) is 0 Å². The molecule has 0 heterocycles. The van der Waals surface area contributed by atoms with Crippen molar-refractivity contribution in [2.75, 3.05) is 19.1 Å². The molecular formula is C11H18ClF3O. The topological polar surface area (TPSA) is 9.23 Å². The van der Waals surface area contributed by atoms with Crippen molar-refractivity contribution in [3.05, 3.63) is 0 Å². The molecule has 1 aliphatic rings. The van der Waals surface area contributed by atoms with Gasteiger partial charge in [-0.05, 0) is 18.3 Å². The zero-order valence-electron chi connectivity index (χ0n) is 9.23. The van der Waals surface area contributed by atoms with Gasteiger partial charge < -0.3 is 4.74 Å². The number of alkyl halides is 4. The molecule has 1 saturated carbocycles. The fourth-order valence-corrected chi connectivity index (χ4v) is 2.70. The van der Waals surface area contributed by atoms with Gasteiger partial charge in [-0.25, -0.2) is 0 Å². The van der Waals surface area contributed by atoms with Gasteiger partial charge in [0, 0.05) is 12.5 Å². The molecule has 0 aromatic carbocycles. The minimum atomic E-state index is -4.22. The van der Waals surface area contributed by atoms with E-state index in [1.165, 1.54) is 12.8 Å². The van der Waals surface area contributed by atoms with Crippen LogP contribution in [-0.2, 0) is 4.74 Å². The fraction of sp³-hybridized carbons (Fsp3) is 1.00. The van der Waals surface area contributed by atoms with Crippen LogP contribution in [0.15, 0.2) is 0 Å². The molecule has 1 unspecified atom stereocenters. The maximum absolute atomic E-state index is 11.8. The lowest BCUT2D eigenvalue weighted by molar-refractivity contribution is -0.174. The van der Waals surface area contributed by atoms with Gasteiger partial charge in [-0.1, -0.05) is 25.7 Å². The van der Waals surface area contributed by atoms with Gasteiger partial charge in [-0.15, -0.1) is 11.6 Å². The Hall–Kier alpha value is 0.0400. The molecule has 0 amide bonds. The largest absolute Gasteiger partial charge is 0.411 e. The van der Waals surface area contributed by atoms with E-state index in [-0.39, 0.29) is 6.61 Å². The van der Waals surface area contributed by atoms with Crippen LogP contribution in [-0.4, -0.2) is 25.3 Å². The van der Waals surface area contributed by atoms with E-state index in [0.29, 0.717) is 24.1 Å². The van der Waals surface area contributed by atoms with Gasteiger partial charge in [-0.2, -0.15) is 13.2 Å². The molecule has 0 N–H and O–H groups in total. The Morgan fingerprint density at radius 1 is 1.25 bits per heavy atom. The Bertz CT molecular complexity index is 190. The van der Waals surface area contributed by atoms with Gasteiger partial charge in [0.1, 0.15) is 6.61 Å². The summed E-state index contributed by atoms with van der Waals surface area (Å²) in [6.07, 6.45) is 1.20. The van der Waals surface area contributed by atoms with E-state index in [1.54, 1.807) is 0 Å². The summed E-state index contributed by atoms with van der Waals surface area (Å²) in [4.78, 5) is 0. The normalized spacial score (nSPS) is 20.2. The number of hydrogen-bond acceptors (Lipinski definition) is 1. The molecule has 5 heteroatoms. The van der Waals surface area contributed by atoms with E-state index in [2.05, 4.69) is 4.74 Å². The molecule has 1 rings (SSSR count). The van der Waals surface area contributed by atoms with Crippen LogP contribution < -0.4 is 0 Å². The monoisotopic (exact) mass is 258 g/mol.